The minimum Gasteiger partial charge on any atom is -0.397 e. The first-order chi connectivity index (χ1) is 69.2. The van der Waals surface area contributed by atoms with Crippen molar-refractivity contribution < 1.29 is 8.22 Å². The topological polar surface area (TPSA) is 61.5 Å². The molecule has 0 aliphatic carbocycles. The number of aromatic nitrogens is 1. The molecule has 0 amide bonds. The van der Waals surface area contributed by atoms with Crippen molar-refractivity contribution in [3.8, 4) is 0 Å². The van der Waals surface area contributed by atoms with Gasteiger partial charge in [-0.3, -0.25) is 0 Å². The summed E-state index contributed by atoms with van der Waals surface area (Å²) in [7, 11) is 13.2. The summed E-state index contributed by atoms with van der Waals surface area (Å²) in [4.78, 5) is 39.4. The Morgan fingerprint density at radius 3 is 0.837 bits per heavy atom. The van der Waals surface area contributed by atoms with E-state index in [4.69, 9.17) is 13.2 Å². The number of nitrogens with zero attached hydrogens (tertiary/aromatic N) is 16. The van der Waals surface area contributed by atoms with Crippen molar-refractivity contribution in [2.45, 2.75) is 204 Å². The summed E-state index contributed by atoms with van der Waals surface area (Å²) in [5, 5.41) is 13.1. The fourth-order valence-electron chi connectivity index (χ4n) is 25.3. The Hall–Kier alpha value is -12.9. The van der Waals surface area contributed by atoms with Crippen LogP contribution in [-0.2, 0) is 0 Å². The highest BCUT2D eigenvalue weighted by Gasteiger charge is 2.52. The van der Waals surface area contributed by atoms with Gasteiger partial charge in [-0.15, -0.1) is 0 Å². The summed E-state index contributed by atoms with van der Waals surface area (Å²) >= 11 is 0. The Kier molecular flexibility index (Phi) is 24.9. The highest BCUT2D eigenvalue weighted by atomic mass is 15.5. The van der Waals surface area contributed by atoms with E-state index in [1.54, 1.807) is 11.1 Å². The van der Waals surface area contributed by atoms with E-state index in [1.807, 2.05) is 56.6 Å². The maximum atomic E-state index is 8.16. The molecule has 11 aromatic rings. The van der Waals surface area contributed by atoms with E-state index in [9.17, 15) is 0 Å². The minimum absolute atomic E-state index is 0.0127. The van der Waals surface area contributed by atoms with E-state index >= 15 is 0 Å². The van der Waals surface area contributed by atoms with Crippen LogP contribution in [0, 0.1) is 27.1 Å². The van der Waals surface area contributed by atoms with Gasteiger partial charge in [0, 0.05) is 115 Å². The number of benzene rings is 10. The molecule has 1 aromatic heterocycles. The average Bonchev–Trinajstić information content (AvgIpc) is 1.62. The Morgan fingerprint density at radius 2 is 0.504 bits per heavy atom. The van der Waals surface area contributed by atoms with Crippen LogP contribution in [0.25, 0.3) is 55.8 Å². The molecule has 21 heteroatoms. The van der Waals surface area contributed by atoms with E-state index in [0.717, 1.165) is 22.9 Å². The third-order valence-corrected chi connectivity index (χ3v) is 30.7. The van der Waals surface area contributed by atoms with E-state index < -0.39 is 14.0 Å². The second-order valence-corrected chi connectivity index (χ2v) is 45.2. The average molecular weight is 1880 g/mol. The van der Waals surface area contributed by atoms with Crippen LogP contribution in [0.4, 0.5) is 57.0 Å². The number of pyridine rings is 1. The van der Waals surface area contributed by atoms with Crippen LogP contribution in [0.1, 0.15) is 181 Å². The van der Waals surface area contributed by atoms with Gasteiger partial charge in [0.1, 0.15) is 5.82 Å². The van der Waals surface area contributed by atoms with E-state index in [-0.39, 0.29) is 86.7 Å². The van der Waals surface area contributed by atoms with Gasteiger partial charge in [0.05, 0.1) is 70.6 Å². The largest absolute Gasteiger partial charge is 0.409 e. The van der Waals surface area contributed by atoms with E-state index in [1.165, 1.54) is 147 Å². The molecule has 5 atom stereocenters. The van der Waals surface area contributed by atoms with Crippen LogP contribution >= 0.6 is 0 Å². The summed E-state index contributed by atoms with van der Waals surface area (Å²) in [5.74, 6) is 1.03. The molecular formula is C120H151B5N16. The molecule has 726 valence electrons. The summed E-state index contributed by atoms with van der Waals surface area (Å²) in [5.41, 5.74) is 23.9. The van der Waals surface area contributed by atoms with Crippen LogP contribution < -0.4 is 91.0 Å². The van der Waals surface area contributed by atoms with Crippen LogP contribution in [0.3, 0.4) is 0 Å². The Labute approximate surface area is 853 Å². The molecule has 10 aliphatic rings. The van der Waals surface area contributed by atoms with Crippen molar-refractivity contribution in [2.24, 2.45) is 27.1 Å². The number of anilines is 10. The normalized spacial score (nSPS) is 20.1. The van der Waals surface area contributed by atoms with Crippen molar-refractivity contribution >= 4 is 148 Å². The molecule has 0 fully saturated rings. The second kappa shape index (κ2) is 38.2. The molecule has 141 heavy (non-hydrogen) atoms. The van der Waals surface area contributed by atoms with Gasteiger partial charge in [-0.1, -0.05) is 298 Å². The van der Waals surface area contributed by atoms with Crippen molar-refractivity contribution in [3.63, 3.8) is 0 Å². The lowest BCUT2D eigenvalue weighted by Crippen LogP contribution is -2.62. The number of hydrogen-bond donors (Lipinski definition) is 0. The maximum absolute atomic E-state index is 8.16. The van der Waals surface area contributed by atoms with Crippen molar-refractivity contribution in [1.82, 2.24) is 38.7 Å². The summed E-state index contributed by atoms with van der Waals surface area (Å²) in [6, 6.07) is 94.8. The van der Waals surface area contributed by atoms with Gasteiger partial charge in [0.15, 0.2) is 0 Å². The molecule has 16 nitrogen and oxygen atoms in total. The first-order valence-electron chi connectivity index (χ1n) is 53.7. The fourth-order valence-corrected chi connectivity index (χ4v) is 25.3. The monoisotopic (exact) mass is 1880 g/mol. The zero-order valence-corrected chi connectivity index (χ0v) is 89.6. The van der Waals surface area contributed by atoms with Crippen molar-refractivity contribution in [1.29, 1.82) is 0 Å². The van der Waals surface area contributed by atoms with Gasteiger partial charge in [0.25, 0.3) is 0 Å². The molecule has 11 heterocycles. The number of fused-ring (bicyclic) bond motifs is 9. The third kappa shape index (κ3) is 17.5. The Morgan fingerprint density at radius 1 is 0.248 bits per heavy atom. The van der Waals surface area contributed by atoms with Gasteiger partial charge >= 0.3 is 34.9 Å². The van der Waals surface area contributed by atoms with Gasteiger partial charge in [-0.05, 0) is 257 Å². The predicted octanol–water partition coefficient (Wildman–Crippen LogP) is 18.0. The van der Waals surface area contributed by atoms with Crippen molar-refractivity contribution in [3.05, 3.63) is 338 Å². The maximum Gasteiger partial charge on any atom is 0.409 e. The molecule has 0 unspecified atom stereocenters. The number of para-hydroxylation sites is 8. The Bertz CT molecular complexity index is 7380. The molecule has 0 radical (unpaired) electrons. The highest BCUT2D eigenvalue weighted by Crippen LogP contribution is 2.51. The van der Waals surface area contributed by atoms with Crippen LogP contribution in [0.15, 0.2) is 286 Å². The summed E-state index contributed by atoms with van der Waals surface area (Å²) < 4.78 is 47.8. The quantitative estimate of drug-likeness (QED) is 0.142. The molecule has 21 rings (SSSR count). The standard InChI is InChI=1S/C28H32BN3.C27H31BN4.2C23H30BN3.C19H28BN3/c1-20-23-16-10-11-17-24(23)27(28(3,4)5)30(6)29(20)32-21(2)31(22-14-8-7-9-15-22)25-18-12-13-19-26(25)32;1-19-22-15-10-11-16-23(22)25(27(3,4)5)30(6)28(19)32-20(2)31(21-13-8-7-9-14-21)24-17-12-18-29-26(24)32;2*1-16-18-12-8-9-13-19(18)22(23(3,4)5)26(7)24(16)27-17(2)25(6)20-14-10-11-15-21(20)27;1-14-16-10-8-9-11-17(16)18(19(3,4)5)22(7)20(14)23-13-12-21(6)15(23)2/h7-19,21H,1-6H3;7-18,20H,1-6H3;2*8-15,17H,1-7H3;8-13,15H,1-7H3/t21-;20-;2*17-;15-/m00000/s1/i;;6D3;;6D3. The number of rotatable bonds is 7. The zero-order chi connectivity index (χ0) is 106. The van der Waals surface area contributed by atoms with Crippen LogP contribution in [0.2, 0.25) is 0 Å². The highest BCUT2D eigenvalue weighted by molar-refractivity contribution is 6.81. The predicted molar refractivity (Wildman–Crippen MR) is 609 cm³/mol. The zero-order valence-electron chi connectivity index (χ0n) is 95.6. The van der Waals surface area contributed by atoms with Gasteiger partial charge < -0.3 is 72.6 Å². The first kappa shape index (κ1) is 91.9. The fraction of sp³-hybridized carbons (Fsp3) is 0.358. The van der Waals surface area contributed by atoms with E-state index in [2.05, 4.69) is 501 Å². The first-order valence-corrected chi connectivity index (χ1v) is 50.7. The molecule has 10 aromatic carbocycles. The summed E-state index contributed by atoms with van der Waals surface area (Å²) in [6.07, 6.45) is 5.58. The molecule has 0 spiro atoms. The number of hydrogen-bond acceptors (Lipinski definition) is 16. The lowest BCUT2D eigenvalue weighted by Gasteiger charge is -2.45. The lowest BCUT2D eigenvalue weighted by atomic mass is 9.59. The van der Waals surface area contributed by atoms with Gasteiger partial charge in [0.2, 0.25) is 0 Å². The van der Waals surface area contributed by atoms with E-state index in [0.29, 0.717) is 6.17 Å². The molecule has 0 N–H and O–H groups in total. The second-order valence-electron chi connectivity index (χ2n) is 45.2. The lowest BCUT2D eigenvalue weighted by molar-refractivity contribution is 0.264. The smallest absolute Gasteiger partial charge is 0.397 e. The molecule has 0 bridgehead atoms. The Balaban J connectivity index is 0.000000126. The van der Waals surface area contributed by atoms with Gasteiger partial charge in [-0.25, -0.2) is 4.98 Å². The van der Waals surface area contributed by atoms with Crippen molar-refractivity contribution in [2.75, 3.05) is 95.1 Å². The minimum atomic E-state index is -2.21. The molecule has 10 aliphatic heterocycles. The SMILES string of the molecule is CC1=c2ccccc2=C(C(C)(C)C)N(C)B1N1c2ccccc2N(C)[C@@H]1C.CC1=c2ccccc2=C(C(C)(C)C)N(C)B1N1c2ccccc2N(c2ccccc2)[C@@H]1C.CC1=c2ccccc2=C(C(C)(C)C)N(C)B1N1c2ncccc2N(c2ccccc2)[C@@H]1C.[2H]C([2H])([2H])N1C=CN(B2C(C)=c3ccccc3=C(C(C)(C)C)N2C)[C@H]1C.[2H]C([2H])([2H])N1c2ccccc2N(B2C(C)=c3ccccc3=C(C(C)(C)C)N2C)[C@H]1C. The molecule has 0 saturated carbocycles. The van der Waals surface area contributed by atoms with Crippen LogP contribution in [-0.4, -0.2) is 161 Å². The summed E-state index contributed by atoms with van der Waals surface area (Å²) in [6.45, 7) is 52.3. The molecular weight excluding hydrogens is 1720 g/mol. The third-order valence-electron chi connectivity index (χ3n) is 30.7. The molecule has 0 saturated heterocycles. The van der Waals surface area contributed by atoms with Gasteiger partial charge in [-0.2, -0.15) is 0 Å². The van der Waals surface area contributed by atoms with Crippen LogP contribution in [0.5, 0.6) is 0 Å².